The molecule has 6 nitrogen and oxygen atoms in total. The Balaban J connectivity index is 0.00000364. The van der Waals surface area contributed by atoms with E-state index in [4.69, 9.17) is 15.2 Å². The van der Waals surface area contributed by atoms with Gasteiger partial charge in [0.25, 0.3) is 0 Å². The first kappa shape index (κ1) is 23.0. The molecule has 0 unspecified atom stereocenters. The number of nitrogens with one attached hydrogen (secondary N) is 1. The highest BCUT2D eigenvalue weighted by molar-refractivity contribution is 14.0. The van der Waals surface area contributed by atoms with E-state index >= 15 is 0 Å². The van der Waals surface area contributed by atoms with Gasteiger partial charge in [-0.15, -0.1) is 24.0 Å². The fourth-order valence-electron chi connectivity index (χ4n) is 2.53. The van der Waals surface area contributed by atoms with Crippen LogP contribution in [-0.2, 0) is 19.6 Å². The van der Waals surface area contributed by atoms with Crippen molar-refractivity contribution in [3.8, 4) is 11.5 Å². The number of aliphatic imine (C=N–C) groups is 1. The lowest BCUT2D eigenvalue weighted by molar-refractivity contribution is 0.354. The topological polar surface area (TPSA) is 72.1 Å². The quantitative estimate of drug-likeness (QED) is 0.343. The van der Waals surface area contributed by atoms with Gasteiger partial charge >= 0.3 is 0 Å². The van der Waals surface area contributed by atoms with E-state index in [-0.39, 0.29) is 24.0 Å². The smallest absolute Gasteiger partial charge is 0.189 e. The second-order valence-electron chi connectivity index (χ2n) is 6.30. The van der Waals surface area contributed by atoms with Gasteiger partial charge < -0.3 is 25.4 Å². The fraction of sp³-hybridized carbons (Fsp3) is 0.350. The van der Waals surface area contributed by atoms with Gasteiger partial charge in [0.15, 0.2) is 17.5 Å². The summed E-state index contributed by atoms with van der Waals surface area (Å²) in [5.41, 5.74) is 9.42. The standard InChI is InChI=1S/C20H28N4O2.HI/c1-24(2)14-16-7-5-15(6-8-16)12-22-20(21)23-13-17-9-10-18(25-3)19(11-17)26-4;/h5-11H,12-14H2,1-4H3,(H3,21,22,23);1H. The van der Waals surface area contributed by atoms with Crippen LogP contribution in [-0.4, -0.2) is 39.2 Å². The maximum Gasteiger partial charge on any atom is 0.189 e. The number of guanidine groups is 1. The predicted molar refractivity (Wildman–Crippen MR) is 121 cm³/mol. The van der Waals surface area contributed by atoms with Crippen molar-refractivity contribution in [2.24, 2.45) is 10.7 Å². The van der Waals surface area contributed by atoms with Gasteiger partial charge in [-0.3, -0.25) is 0 Å². The molecule has 3 N–H and O–H groups in total. The minimum absolute atomic E-state index is 0. The lowest BCUT2D eigenvalue weighted by Gasteiger charge is -2.11. The van der Waals surface area contributed by atoms with E-state index in [1.807, 2.05) is 18.2 Å². The Morgan fingerprint density at radius 3 is 2.15 bits per heavy atom. The fourth-order valence-corrected chi connectivity index (χ4v) is 2.53. The molecule has 0 saturated heterocycles. The van der Waals surface area contributed by atoms with Crippen LogP contribution in [0.4, 0.5) is 0 Å². The van der Waals surface area contributed by atoms with Crippen LogP contribution in [0.15, 0.2) is 47.5 Å². The van der Waals surface area contributed by atoms with Gasteiger partial charge in [-0.2, -0.15) is 0 Å². The number of halogens is 1. The zero-order chi connectivity index (χ0) is 18.9. The number of rotatable bonds is 8. The van der Waals surface area contributed by atoms with Crippen molar-refractivity contribution in [2.75, 3.05) is 28.3 Å². The van der Waals surface area contributed by atoms with Crippen LogP contribution < -0.4 is 20.5 Å². The zero-order valence-electron chi connectivity index (χ0n) is 16.4. The number of nitrogens with zero attached hydrogens (tertiary/aromatic N) is 2. The van der Waals surface area contributed by atoms with Gasteiger partial charge in [0, 0.05) is 13.1 Å². The number of hydrogen-bond donors (Lipinski definition) is 2. The molecule has 0 amide bonds. The zero-order valence-corrected chi connectivity index (χ0v) is 18.7. The van der Waals surface area contributed by atoms with E-state index in [9.17, 15) is 0 Å². The summed E-state index contributed by atoms with van der Waals surface area (Å²) < 4.78 is 10.5. The second-order valence-corrected chi connectivity index (χ2v) is 6.30. The summed E-state index contributed by atoms with van der Waals surface area (Å²) in [6.45, 7) is 2.05. The number of hydrogen-bond acceptors (Lipinski definition) is 4. The molecule has 0 spiro atoms. The highest BCUT2D eigenvalue weighted by atomic mass is 127. The molecule has 0 aliphatic heterocycles. The molecule has 0 bridgehead atoms. The van der Waals surface area contributed by atoms with Crippen molar-refractivity contribution in [3.05, 3.63) is 59.2 Å². The van der Waals surface area contributed by atoms with Crippen molar-refractivity contribution in [1.29, 1.82) is 0 Å². The highest BCUT2D eigenvalue weighted by Crippen LogP contribution is 2.27. The van der Waals surface area contributed by atoms with E-state index in [1.165, 1.54) is 5.56 Å². The number of nitrogens with two attached hydrogens (primary N) is 1. The molecular weight excluding hydrogens is 455 g/mol. The maximum atomic E-state index is 5.97. The molecule has 2 rings (SSSR count). The molecule has 0 heterocycles. The summed E-state index contributed by atoms with van der Waals surface area (Å²) in [7, 11) is 7.35. The predicted octanol–water partition coefficient (Wildman–Crippen LogP) is 2.99. The Morgan fingerprint density at radius 1 is 0.963 bits per heavy atom. The van der Waals surface area contributed by atoms with Gasteiger partial charge in [-0.05, 0) is 42.9 Å². The molecule has 0 aliphatic carbocycles. The monoisotopic (exact) mass is 484 g/mol. The normalized spacial score (nSPS) is 11.1. The first-order valence-corrected chi connectivity index (χ1v) is 8.49. The van der Waals surface area contributed by atoms with Gasteiger partial charge in [-0.25, -0.2) is 4.99 Å². The Morgan fingerprint density at radius 2 is 1.56 bits per heavy atom. The summed E-state index contributed by atoms with van der Waals surface area (Å²) in [5.74, 6) is 1.80. The molecule has 2 aromatic carbocycles. The molecule has 0 radical (unpaired) electrons. The summed E-state index contributed by atoms with van der Waals surface area (Å²) in [6.07, 6.45) is 0. The highest BCUT2D eigenvalue weighted by Gasteiger charge is 2.04. The third-order valence-electron chi connectivity index (χ3n) is 3.88. The molecular formula is C20H29IN4O2. The number of benzene rings is 2. The SMILES string of the molecule is COc1ccc(CN=C(N)NCc2ccc(CN(C)C)cc2)cc1OC.I. The van der Waals surface area contributed by atoms with E-state index in [0.29, 0.717) is 30.5 Å². The van der Waals surface area contributed by atoms with Gasteiger partial charge in [0.05, 0.1) is 20.8 Å². The van der Waals surface area contributed by atoms with Crippen LogP contribution in [0, 0.1) is 0 Å². The van der Waals surface area contributed by atoms with Gasteiger partial charge in [-0.1, -0.05) is 30.3 Å². The average Bonchev–Trinajstić information content (AvgIpc) is 2.65. The Labute approximate surface area is 178 Å². The third kappa shape index (κ3) is 7.64. The molecule has 0 saturated carbocycles. The van der Waals surface area contributed by atoms with Crippen LogP contribution in [0.2, 0.25) is 0 Å². The molecule has 148 valence electrons. The van der Waals surface area contributed by atoms with E-state index in [2.05, 4.69) is 53.6 Å². The summed E-state index contributed by atoms with van der Waals surface area (Å²) in [5, 5.41) is 3.14. The van der Waals surface area contributed by atoms with Crippen molar-refractivity contribution < 1.29 is 9.47 Å². The Kier molecular flexibility index (Phi) is 9.95. The summed E-state index contributed by atoms with van der Waals surface area (Å²) in [6, 6.07) is 14.2. The molecule has 0 aromatic heterocycles. The minimum Gasteiger partial charge on any atom is -0.493 e. The average molecular weight is 484 g/mol. The van der Waals surface area contributed by atoms with Crippen LogP contribution in [0.1, 0.15) is 16.7 Å². The first-order chi connectivity index (χ1) is 12.5. The van der Waals surface area contributed by atoms with E-state index < -0.39 is 0 Å². The van der Waals surface area contributed by atoms with Crippen molar-refractivity contribution in [2.45, 2.75) is 19.6 Å². The van der Waals surface area contributed by atoms with Crippen molar-refractivity contribution in [3.63, 3.8) is 0 Å². The van der Waals surface area contributed by atoms with Crippen molar-refractivity contribution in [1.82, 2.24) is 10.2 Å². The third-order valence-corrected chi connectivity index (χ3v) is 3.88. The number of ether oxygens (including phenoxy) is 2. The van der Waals surface area contributed by atoms with E-state index in [1.54, 1.807) is 14.2 Å². The molecule has 0 atom stereocenters. The van der Waals surface area contributed by atoms with E-state index in [0.717, 1.165) is 17.7 Å². The van der Waals surface area contributed by atoms with Crippen LogP contribution in [0.3, 0.4) is 0 Å². The minimum atomic E-state index is 0. The first-order valence-electron chi connectivity index (χ1n) is 8.49. The van der Waals surface area contributed by atoms with Crippen LogP contribution >= 0.6 is 24.0 Å². The van der Waals surface area contributed by atoms with Crippen molar-refractivity contribution >= 4 is 29.9 Å². The Hall–Kier alpha value is -2.00. The summed E-state index contributed by atoms with van der Waals surface area (Å²) >= 11 is 0. The summed E-state index contributed by atoms with van der Waals surface area (Å²) in [4.78, 5) is 6.52. The lowest BCUT2D eigenvalue weighted by Crippen LogP contribution is -2.31. The molecule has 0 aliphatic rings. The molecule has 7 heteroatoms. The lowest BCUT2D eigenvalue weighted by atomic mass is 10.1. The number of methoxy groups -OCH3 is 2. The van der Waals surface area contributed by atoms with Crippen LogP contribution in [0.5, 0.6) is 11.5 Å². The van der Waals surface area contributed by atoms with Crippen LogP contribution in [0.25, 0.3) is 0 Å². The maximum absolute atomic E-state index is 5.97. The molecule has 0 fully saturated rings. The van der Waals surface area contributed by atoms with Gasteiger partial charge in [0.2, 0.25) is 0 Å². The Bertz CT molecular complexity index is 733. The second kappa shape index (κ2) is 11.7. The largest absolute Gasteiger partial charge is 0.493 e. The molecule has 27 heavy (non-hydrogen) atoms. The molecule has 2 aromatic rings. The van der Waals surface area contributed by atoms with Gasteiger partial charge in [0.1, 0.15) is 0 Å².